The number of nitrogens with zero attached hydrogens (tertiary/aromatic N) is 3. The largest absolute Gasteiger partial charge is 0.457 e. The maximum Gasteiger partial charge on any atom is 0.306 e. The van der Waals surface area contributed by atoms with Gasteiger partial charge in [-0.1, -0.05) is 11.2 Å². The smallest absolute Gasteiger partial charge is 0.306 e. The van der Waals surface area contributed by atoms with Gasteiger partial charge in [0.15, 0.2) is 6.61 Å². The van der Waals surface area contributed by atoms with Crippen LogP contribution in [0.15, 0.2) is 47.5 Å². The van der Waals surface area contributed by atoms with Crippen LogP contribution in [0.5, 0.6) is 0 Å². The number of esters is 1. The topological polar surface area (TPSA) is 87.2 Å². The predicted octanol–water partition coefficient (Wildman–Crippen LogP) is 3.84. The van der Waals surface area contributed by atoms with Crippen molar-refractivity contribution >= 4 is 11.8 Å². The molecule has 0 atom stereocenters. The second-order valence-electron chi connectivity index (χ2n) is 6.79. The van der Waals surface area contributed by atoms with E-state index < -0.39 is 5.97 Å². The number of benzene rings is 1. The second-order valence-corrected chi connectivity index (χ2v) is 6.79. The van der Waals surface area contributed by atoms with Gasteiger partial charge in [-0.2, -0.15) is 4.98 Å². The van der Waals surface area contributed by atoms with Crippen molar-refractivity contribution < 1.29 is 23.2 Å². The van der Waals surface area contributed by atoms with Gasteiger partial charge in [0.05, 0.1) is 6.42 Å². The second kappa shape index (κ2) is 9.30. The maximum absolute atomic E-state index is 13.0. The van der Waals surface area contributed by atoms with Gasteiger partial charge in [-0.05, 0) is 44.2 Å². The van der Waals surface area contributed by atoms with Crippen LogP contribution in [0.25, 0.3) is 11.4 Å². The van der Waals surface area contributed by atoms with E-state index in [1.807, 2.05) is 18.4 Å². The van der Waals surface area contributed by atoms with Crippen LogP contribution in [-0.2, 0) is 22.5 Å². The molecule has 2 heterocycles. The monoisotopic (exact) mass is 411 g/mol. The van der Waals surface area contributed by atoms with Crippen molar-refractivity contribution in [3.8, 4) is 11.4 Å². The summed E-state index contributed by atoms with van der Waals surface area (Å²) in [7, 11) is 0. The van der Waals surface area contributed by atoms with E-state index in [4.69, 9.17) is 9.26 Å². The summed E-state index contributed by atoms with van der Waals surface area (Å²) in [4.78, 5) is 28.6. The van der Waals surface area contributed by atoms with E-state index in [-0.39, 0.29) is 36.9 Å². The molecule has 0 unspecified atom stereocenters. The van der Waals surface area contributed by atoms with Crippen LogP contribution >= 0.6 is 0 Å². The molecule has 3 aromatic rings. The minimum atomic E-state index is -0.537. The van der Waals surface area contributed by atoms with Crippen LogP contribution in [0, 0.1) is 19.7 Å². The molecule has 1 aromatic carbocycles. The summed E-state index contributed by atoms with van der Waals surface area (Å²) in [5.74, 6) is -0.593. The van der Waals surface area contributed by atoms with Gasteiger partial charge in [-0.25, -0.2) is 4.39 Å². The minimum Gasteiger partial charge on any atom is -0.457 e. The van der Waals surface area contributed by atoms with E-state index in [1.54, 1.807) is 12.1 Å². The SMILES string of the molecule is C=CCn1c(C)cc(C(=O)COC(=O)CCc2nc(-c3ccc(F)cc3)no2)c1C. The third kappa shape index (κ3) is 4.89. The number of carbonyl (C=O) groups is 2. The third-order valence-corrected chi connectivity index (χ3v) is 4.66. The molecule has 0 saturated heterocycles. The number of hydrogen-bond donors (Lipinski definition) is 0. The van der Waals surface area contributed by atoms with Crippen molar-refractivity contribution in [3.63, 3.8) is 0 Å². The number of halogens is 1. The molecule has 0 aliphatic heterocycles. The Morgan fingerprint density at radius 3 is 2.70 bits per heavy atom. The Kier molecular flexibility index (Phi) is 6.56. The Morgan fingerprint density at radius 2 is 2.00 bits per heavy atom. The first-order valence-electron chi connectivity index (χ1n) is 9.44. The summed E-state index contributed by atoms with van der Waals surface area (Å²) in [6.45, 7) is 7.74. The van der Waals surface area contributed by atoms with Gasteiger partial charge in [0.25, 0.3) is 0 Å². The van der Waals surface area contributed by atoms with E-state index in [2.05, 4.69) is 16.7 Å². The van der Waals surface area contributed by atoms with Crippen LogP contribution in [0.3, 0.4) is 0 Å². The Labute approximate surface area is 173 Å². The highest BCUT2D eigenvalue weighted by molar-refractivity contribution is 5.99. The van der Waals surface area contributed by atoms with Crippen LogP contribution in [-0.4, -0.2) is 33.1 Å². The molecule has 3 rings (SSSR count). The number of aromatic nitrogens is 3. The molecule has 0 fully saturated rings. The highest BCUT2D eigenvalue weighted by Crippen LogP contribution is 2.18. The third-order valence-electron chi connectivity index (χ3n) is 4.66. The van der Waals surface area contributed by atoms with Gasteiger partial charge in [0.1, 0.15) is 5.82 Å². The van der Waals surface area contributed by atoms with Crippen LogP contribution in [0.1, 0.15) is 34.1 Å². The average molecular weight is 411 g/mol. The van der Waals surface area contributed by atoms with Crippen molar-refractivity contribution in [1.82, 2.24) is 14.7 Å². The van der Waals surface area contributed by atoms with E-state index in [0.717, 1.165) is 11.4 Å². The van der Waals surface area contributed by atoms with E-state index >= 15 is 0 Å². The molecule has 7 nitrogen and oxygen atoms in total. The van der Waals surface area contributed by atoms with E-state index in [9.17, 15) is 14.0 Å². The van der Waals surface area contributed by atoms with Crippen LogP contribution in [0.2, 0.25) is 0 Å². The molecule has 0 aliphatic rings. The Hall–Kier alpha value is -3.55. The van der Waals surface area contributed by atoms with Gasteiger partial charge < -0.3 is 13.8 Å². The number of allylic oxidation sites excluding steroid dienone is 1. The minimum absolute atomic E-state index is 0.00613. The van der Waals surface area contributed by atoms with Gasteiger partial charge in [0, 0.05) is 35.5 Å². The quantitative estimate of drug-likeness (QED) is 0.302. The fraction of sp³-hybridized carbons (Fsp3) is 0.273. The lowest BCUT2D eigenvalue weighted by atomic mass is 10.1. The molecule has 0 amide bonds. The Morgan fingerprint density at radius 1 is 1.27 bits per heavy atom. The predicted molar refractivity (Wildman–Crippen MR) is 107 cm³/mol. The van der Waals surface area contributed by atoms with Crippen molar-refractivity contribution in [1.29, 1.82) is 0 Å². The molecule has 156 valence electrons. The fourth-order valence-corrected chi connectivity index (χ4v) is 3.07. The lowest BCUT2D eigenvalue weighted by molar-refractivity contribution is -0.142. The van der Waals surface area contributed by atoms with Crippen LogP contribution < -0.4 is 0 Å². The molecule has 0 aliphatic carbocycles. The molecule has 30 heavy (non-hydrogen) atoms. The summed E-state index contributed by atoms with van der Waals surface area (Å²) in [6.07, 6.45) is 1.93. The van der Waals surface area contributed by atoms with Crippen LogP contribution in [0.4, 0.5) is 4.39 Å². The lowest BCUT2D eigenvalue weighted by Crippen LogP contribution is -2.15. The van der Waals surface area contributed by atoms with Crippen molar-refractivity contribution in [3.05, 3.63) is 71.6 Å². The lowest BCUT2D eigenvalue weighted by Gasteiger charge is -2.06. The fourth-order valence-electron chi connectivity index (χ4n) is 3.07. The first kappa shape index (κ1) is 21.2. The molecule has 8 heteroatoms. The summed E-state index contributed by atoms with van der Waals surface area (Å²) in [5, 5.41) is 3.82. The highest BCUT2D eigenvalue weighted by Gasteiger charge is 2.17. The van der Waals surface area contributed by atoms with E-state index in [0.29, 0.717) is 23.5 Å². The zero-order valence-electron chi connectivity index (χ0n) is 16.9. The maximum atomic E-state index is 13.0. The molecular weight excluding hydrogens is 389 g/mol. The molecule has 0 N–H and O–H groups in total. The molecule has 2 aromatic heterocycles. The molecule has 0 spiro atoms. The molecule has 0 saturated carbocycles. The number of ketones is 1. The highest BCUT2D eigenvalue weighted by atomic mass is 19.1. The van der Waals surface area contributed by atoms with Crippen molar-refractivity contribution in [2.75, 3.05) is 6.61 Å². The average Bonchev–Trinajstić information content (AvgIpc) is 3.31. The van der Waals surface area contributed by atoms with E-state index in [1.165, 1.54) is 24.3 Å². The molecule has 0 bridgehead atoms. The summed E-state index contributed by atoms with van der Waals surface area (Å²) in [6, 6.07) is 7.46. The number of aryl methyl sites for hydroxylation is 2. The summed E-state index contributed by atoms with van der Waals surface area (Å²) >= 11 is 0. The number of ether oxygens (including phenoxy) is 1. The van der Waals surface area contributed by atoms with Crippen molar-refractivity contribution in [2.45, 2.75) is 33.2 Å². The van der Waals surface area contributed by atoms with Crippen molar-refractivity contribution in [2.24, 2.45) is 0 Å². The Bertz CT molecular complexity index is 1070. The number of hydrogen-bond acceptors (Lipinski definition) is 6. The number of carbonyl (C=O) groups excluding carboxylic acids is 2. The van der Waals surface area contributed by atoms with Gasteiger partial charge in [-0.15, -0.1) is 6.58 Å². The first-order chi connectivity index (χ1) is 14.4. The molecular formula is C22H22FN3O4. The van der Waals surface area contributed by atoms with Gasteiger partial charge >= 0.3 is 5.97 Å². The summed E-state index contributed by atoms with van der Waals surface area (Å²) in [5.41, 5.74) is 2.89. The zero-order valence-corrected chi connectivity index (χ0v) is 16.9. The Balaban J connectivity index is 1.51. The zero-order chi connectivity index (χ0) is 21.7. The first-order valence-corrected chi connectivity index (χ1v) is 9.44. The normalized spacial score (nSPS) is 10.8. The number of Topliss-reactive ketones (excluding diaryl/α,β-unsaturated/α-hetero) is 1. The number of rotatable bonds is 9. The standard InChI is InChI=1S/C22H22FN3O4/c1-4-11-26-14(2)12-18(15(26)3)19(27)13-29-21(28)10-9-20-24-22(25-30-20)16-5-7-17(23)8-6-16/h4-8,12H,1,9-11,13H2,2-3H3. The van der Waals surface area contributed by atoms with Gasteiger partial charge in [0.2, 0.25) is 17.5 Å². The summed E-state index contributed by atoms with van der Waals surface area (Å²) < 4.78 is 25.2. The molecule has 0 radical (unpaired) electrons. The van der Waals surface area contributed by atoms with Gasteiger partial charge in [-0.3, -0.25) is 9.59 Å².